The Morgan fingerprint density at radius 1 is 0.923 bits per heavy atom. The monoisotopic (exact) mass is 378 g/mol. The maximum atomic E-state index is 12.5. The highest BCUT2D eigenvalue weighted by molar-refractivity contribution is 5.84. The van der Waals surface area contributed by atoms with E-state index in [0.29, 0.717) is 0 Å². The van der Waals surface area contributed by atoms with Crippen LogP contribution in [-0.4, -0.2) is 89.1 Å². The highest BCUT2D eigenvalue weighted by Crippen LogP contribution is 2.52. The predicted molar refractivity (Wildman–Crippen MR) is 83.8 cm³/mol. The van der Waals surface area contributed by atoms with E-state index in [2.05, 4.69) is 0 Å². The van der Waals surface area contributed by atoms with Crippen LogP contribution < -0.4 is 0 Å². The van der Waals surface area contributed by atoms with Crippen molar-refractivity contribution in [2.24, 2.45) is 11.8 Å². The van der Waals surface area contributed by atoms with Gasteiger partial charge in [-0.15, -0.1) is 0 Å². The van der Waals surface area contributed by atoms with Crippen LogP contribution in [0.1, 0.15) is 6.92 Å². The molecule has 10 heteroatoms. The summed E-state index contributed by atoms with van der Waals surface area (Å²) >= 11 is 0. The molecule has 150 valence electrons. The van der Waals surface area contributed by atoms with Crippen molar-refractivity contribution in [1.82, 2.24) is 0 Å². The number of carbonyl (C=O) groups excluding carboxylic acids is 2. The summed E-state index contributed by atoms with van der Waals surface area (Å²) in [6.07, 6.45) is -2.33. The van der Waals surface area contributed by atoms with E-state index >= 15 is 0 Å². The molecule has 10 nitrogen and oxygen atoms in total. The molecule has 0 aromatic heterocycles. The Labute approximate surface area is 151 Å². The zero-order valence-electron chi connectivity index (χ0n) is 15.5. The summed E-state index contributed by atoms with van der Waals surface area (Å²) in [5.74, 6) is -3.93. The largest absolute Gasteiger partial charge is 0.469 e. The van der Waals surface area contributed by atoms with E-state index < -0.39 is 54.2 Å². The van der Waals surface area contributed by atoms with Crippen LogP contribution in [0.5, 0.6) is 0 Å². The molecular formula is C16H26O10. The number of aliphatic hydroxyl groups is 1. The summed E-state index contributed by atoms with van der Waals surface area (Å²) in [5, 5.41) is 7.00. The zero-order valence-corrected chi connectivity index (χ0v) is 15.5. The van der Waals surface area contributed by atoms with Gasteiger partial charge in [-0.05, 0) is 0 Å². The Kier molecular flexibility index (Phi) is 6.94. The third-order valence-corrected chi connectivity index (χ3v) is 4.73. The quantitative estimate of drug-likeness (QED) is 0.459. The second-order valence-corrected chi connectivity index (χ2v) is 6.03. The van der Waals surface area contributed by atoms with Crippen molar-refractivity contribution in [2.75, 3.05) is 41.7 Å². The topological polar surface area (TPSA) is 119 Å². The van der Waals surface area contributed by atoms with Crippen LogP contribution in [0.25, 0.3) is 0 Å². The lowest BCUT2D eigenvalue weighted by Gasteiger charge is -2.29. The molecule has 0 aromatic rings. The summed E-state index contributed by atoms with van der Waals surface area (Å²) in [7, 11) is 5.23. The first-order valence-electron chi connectivity index (χ1n) is 8.20. The molecule has 3 aliphatic rings. The Morgan fingerprint density at radius 2 is 1.46 bits per heavy atom. The van der Waals surface area contributed by atoms with E-state index in [-0.39, 0.29) is 13.2 Å². The zero-order chi connectivity index (χ0) is 19.5. The minimum absolute atomic E-state index is 0.0956. The Morgan fingerprint density at radius 3 is 1.92 bits per heavy atom. The Bertz CT molecular complexity index is 511. The highest BCUT2D eigenvalue weighted by Gasteiger charge is 2.70. The van der Waals surface area contributed by atoms with Gasteiger partial charge in [0, 0.05) is 28.3 Å². The van der Waals surface area contributed by atoms with Gasteiger partial charge in [0.15, 0.2) is 0 Å². The smallest absolute Gasteiger partial charge is 0.312 e. The molecule has 1 N–H and O–H groups in total. The van der Waals surface area contributed by atoms with Crippen LogP contribution in [0.3, 0.4) is 0 Å². The molecule has 3 heterocycles. The lowest BCUT2D eigenvalue weighted by Crippen LogP contribution is -2.51. The first-order valence-corrected chi connectivity index (χ1v) is 8.20. The van der Waals surface area contributed by atoms with Crippen molar-refractivity contribution < 1.29 is 47.9 Å². The second kappa shape index (κ2) is 8.59. The molecule has 0 aliphatic carbocycles. The fourth-order valence-electron chi connectivity index (χ4n) is 3.60. The third kappa shape index (κ3) is 3.57. The van der Waals surface area contributed by atoms with Crippen LogP contribution in [0, 0.1) is 11.8 Å². The van der Waals surface area contributed by atoms with Gasteiger partial charge >= 0.3 is 11.9 Å². The summed E-state index contributed by atoms with van der Waals surface area (Å²) in [4.78, 5) is 24.7. The van der Waals surface area contributed by atoms with Crippen molar-refractivity contribution in [3.8, 4) is 0 Å². The van der Waals surface area contributed by atoms with Gasteiger partial charge in [-0.1, -0.05) is 0 Å². The number of hydrogen-bond acceptors (Lipinski definition) is 10. The molecule has 3 rings (SSSR count). The molecule has 0 radical (unpaired) electrons. The number of hydrogen-bond donors (Lipinski definition) is 1. The van der Waals surface area contributed by atoms with Crippen molar-refractivity contribution in [3.05, 3.63) is 0 Å². The average molecular weight is 378 g/mol. The highest BCUT2D eigenvalue weighted by atomic mass is 16.9. The molecule has 0 aromatic carbocycles. The van der Waals surface area contributed by atoms with Gasteiger partial charge in [0.05, 0.1) is 13.7 Å². The number of rotatable bonds is 6. The molecule has 0 spiro atoms. The molecule has 3 saturated heterocycles. The molecule has 7 atom stereocenters. The number of aliphatic hydroxyl groups excluding tert-OH is 1. The van der Waals surface area contributed by atoms with E-state index in [1.165, 1.54) is 21.3 Å². The molecule has 3 fully saturated rings. The molecular weight excluding hydrogens is 352 g/mol. The second-order valence-electron chi connectivity index (χ2n) is 6.03. The summed E-state index contributed by atoms with van der Waals surface area (Å²) in [6.45, 7) is 1.99. The summed E-state index contributed by atoms with van der Waals surface area (Å²) in [6, 6.07) is 0. The van der Waals surface area contributed by atoms with Crippen LogP contribution in [0.2, 0.25) is 0 Å². The first kappa shape index (κ1) is 21.0. The van der Waals surface area contributed by atoms with Crippen LogP contribution in [0.15, 0.2) is 0 Å². The Hall–Kier alpha value is -1.30. The number of carbonyl (C=O) groups is 2. The van der Waals surface area contributed by atoms with Crippen molar-refractivity contribution >= 4 is 11.9 Å². The van der Waals surface area contributed by atoms with Crippen molar-refractivity contribution in [3.63, 3.8) is 0 Å². The fraction of sp³-hybridized carbons (Fsp3) is 0.875. The van der Waals surface area contributed by atoms with E-state index in [9.17, 15) is 9.59 Å². The van der Waals surface area contributed by atoms with Crippen molar-refractivity contribution in [2.45, 2.75) is 37.3 Å². The lowest BCUT2D eigenvalue weighted by molar-refractivity contribution is -0.330. The Balaban J connectivity index is 0.00000117. The maximum Gasteiger partial charge on any atom is 0.312 e. The van der Waals surface area contributed by atoms with Gasteiger partial charge in [-0.2, -0.15) is 0 Å². The minimum Gasteiger partial charge on any atom is -0.469 e. The lowest BCUT2D eigenvalue weighted by atomic mass is 9.76. The molecule has 5 unspecified atom stereocenters. The van der Waals surface area contributed by atoms with E-state index in [1.54, 1.807) is 6.92 Å². The predicted octanol–water partition coefficient (Wildman–Crippen LogP) is -0.925. The van der Waals surface area contributed by atoms with E-state index in [0.717, 1.165) is 7.11 Å². The standard InChI is InChI=1S/C15H22O9.CH4O/c1-15(20-4)23-11-9-7(13(16)19-3)8(10(22-9)12(11)24-15)14(17)21-6-5-18-2;1-2/h7-12H,5-6H2,1-4H3;2H,1H3/t7?,8?,9-,10?,11+,12?,15?;/m0./s1. The average Bonchev–Trinajstić information content (AvgIpc) is 3.30. The number of ether oxygens (including phenoxy) is 7. The van der Waals surface area contributed by atoms with Crippen LogP contribution in [-0.2, 0) is 42.7 Å². The number of fused-ring (bicyclic) bond motifs is 5. The molecule has 0 amide bonds. The van der Waals surface area contributed by atoms with Gasteiger partial charge in [0.2, 0.25) is 0 Å². The number of esters is 2. The van der Waals surface area contributed by atoms with Gasteiger partial charge in [0.25, 0.3) is 5.97 Å². The fourth-order valence-corrected chi connectivity index (χ4v) is 3.60. The van der Waals surface area contributed by atoms with Gasteiger partial charge in [0.1, 0.15) is 42.9 Å². The van der Waals surface area contributed by atoms with Gasteiger partial charge < -0.3 is 38.3 Å². The minimum atomic E-state index is -1.23. The molecule has 2 bridgehead atoms. The van der Waals surface area contributed by atoms with Gasteiger partial charge in [-0.3, -0.25) is 9.59 Å². The molecule has 3 aliphatic heterocycles. The SMILES string of the molecule is CO.COCCOC(=O)C1C2O[C@@H](C1C(=O)OC)[C@H]1OC(C)(OC)OC21. The van der Waals surface area contributed by atoms with Gasteiger partial charge in [-0.25, -0.2) is 0 Å². The third-order valence-electron chi connectivity index (χ3n) is 4.73. The van der Waals surface area contributed by atoms with Crippen LogP contribution >= 0.6 is 0 Å². The van der Waals surface area contributed by atoms with E-state index in [4.69, 9.17) is 38.3 Å². The normalized spacial score (nSPS) is 39.8. The van der Waals surface area contributed by atoms with Crippen LogP contribution in [0.4, 0.5) is 0 Å². The number of methoxy groups -OCH3 is 3. The van der Waals surface area contributed by atoms with Crippen molar-refractivity contribution in [1.29, 1.82) is 0 Å². The molecule has 0 saturated carbocycles. The van der Waals surface area contributed by atoms with E-state index in [1.807, 2.05) is 0 Å². The summed E-state index contributed by atoms with van der Waals surface area (Å²) < 4.78 is 37.4. The molecule has 26 heavy (non-hydrogen) atoms. The first-order chi connectivity index (χ1) is 12.5. The summed E-state index contributed by atoms with van der Waals surface area (Å²) in [5.41, 5.74) is 0. The maximum absolute atomic E-state index is 12.5.